The Morgan fingerprint density at radius 3 is 2.14 bits per heavy atom. The molecule has 82 valence electrons. The molecule has 0 radical (unpaired) electrons. The maximum Gasteiger partial charge on any atom is 0.0568 e. The number of hydrogen-bond donors (Lipinski definition) is 1. The van der Waals surface area contributed by atoms with Crippen LogP contribution in [0.25, 0.3) is 0 Å². The highest BCUT2D eigenvalue weighted by atomic mass is 16.3. The van der Waals surface area contributed by atoms with E-state index in [1.807, 2.05) is 0 Å². The average Bonchev–Trinajstić information content (AvgIpc) is 3.01. The average molecular weight is 196 g/mol. The summed E-state index contributed by atoms with van der Waals surface area (Å²) in [4.78, 5) is 0. The summed E-state index contributed by atoms with van der Waals surface area (Å²) in [5, 5.41) is 9.79. The first-order valence-corrected chi connectivity index (χ1v) is 6.54. The molecule has 0 bridgehead atoms. The van der Waals surface area contributed by atoms with Crippen LogP contribution in [-0.4, -0.2) is 11.2 Å². The molecule has 0 aromatic rings. The quantitative estimate of drug-likeness (QED) is 0.682. The first-order chi connectivity index (χ1) is 6.86. The second-order valence-electron chi connectivity index (χ2n) is 5.34. The van der Waals surface area contributed by atoms with Crippen molar-refractivity contribution < 1.29 is 5.11 Å². The molecule has 0 amide bonds. The predicted molar refractivity (Wildman–Crippen MR) is 59.2 cm³/mol. The second kappa shape index (κ2) is 5.16. The Balaban J connectivity index is 1.62. The lowest BCUT2D eigenvalue weighted by Gasteiger charge is -2.16. The van der Waals surface area contributed by atoms with Crippen LogP contribution in [-0.2, 0) is 0 Å². The fourth-order valence-corrected chi connectivity index (χ4v) is 2.78. The molecular formula is C13H24O. The Labute approximate surface area is 87.9 Å². The van der Waals surface area contributed by atoms with Gasteiger partial charge in [-0.05, 0) is 37.5 Å². The molecule has 1 atom stereocenters. The molecule has 0 aliphatic heterocycles. The van der Waals surface area contributed by atoms with Gasteiger partial charge in [0.2, 0.25) is 0 Å². The second-order valence-corrected chi connectivity index (χ2v) is 5.34. The van der Waals surface area contributed by atoms with Crippen LogP contribution in [0.5, 0.6) is 0 Å². The van der Waals surface area contributed by atoms with Crippen molar-refractivity contribution in [1.82, 2.24) is 0 Å². The van der Waals surface area contributed by atoms with Gasteiger partial charge in [-0.15, -0.1) is 0 Å². The largest absolute Gasteiger partial charge is 0.393 e. The normalized spacial score (nSPS) is 27.2. The molecule has 0 spiro atoms. The van der Waals surface area contributed by atoms with Crippen molar-refractivity contribution >= 4 is 0 Å². The maximum atomic E-state index is 9.79. The van der Waals surface area contributed by atoms with E-state index in [0.29, 0.717) is 5.92 Å². The zero-order chi connectivity index (χ0) is 9.80. The van der Waals surface area contributed by atoms with Crippen LogP contribution >= 0.6 is 0 Å². The number of aliphatic hydroxyl groups excluding tert-OH is 1. The van der Waals surface area contributed by atoms with E-state index in [1.165, 1.54) is 57.8 Å². The highest BCUT2D eigenvalue weighted by Crippen LogP contribution is 2.36. The van der Waals surface area contributed by atoms with Crippen LogP contribution in [0.15, 0.2) is 0 Å². The minimum Gasteiger partial charge on any atom is -0.393 e. The molecule has 1 N–H and O–H groups in total. The van der Waals surface area contributed by atoms with Crippen LogP contribution in [0, 0.1) is 11.8 Å². The Bertz CT molecular complexity index is 155. The minimum absolute atomic E-state index is 0.0400. The third-order valence-corrected chi connectivity index (χ3v) is 4.01. The lowest BCUT2D eigenvalue weighted by atomic mass is 9.93. The van der Waals surface area contributed by atoms with E-state index >= 15 is 0 Å². The fraction of sp³-hybridized carbons (Fsp3) is 1.00. The third-order valence-electron chi connectivity index (χ3n) is 4.01. The van der Waals surface area contributed by atoms with Crippen LogP contribution in [0.3, 0.4) is 0 Å². The highest BCUT2D eigenvalue weighted by molar-refractivity contribution is 4.81. The van der Waals surface area contributed by atoms with Crippen LogP contribution < -0.4 is 0 Å². The van der Waals surface area contributed by atoms with Gasteiger partial charge < -0.3 is 5.11 Å². The number of rotatable bonds is 4. The molecule has 0 aromatic heterocycles. The molecule has 1 heteroatoms. The highest BCUT2D eigenvalue weighted by Gasteiger charge is 2.29. The van der Waals surface area contributed by atoms with Gasteiger partial charge in [0.15, 0.2) is 0 Å². The third kappa shape index (κ3) is 3.27. The van der Waals surface area contributed by atoms with Crippen molar-refractivity contribution in [2.24, 2.45) is 11.8 Å². The Morgan fingerprint density at radius 2 is 1.57 bits per heavy atom. The maximum absolute atomic E-state index is 9.79. The van der Waals surface area contributed by atoms with Gasteiger partial charge in [-0.3, -0.25) is 0 Å². The van der Waals surface area contributed by atoms with Gasteiger partial charge in [-0.1, -0.05) is 38.5 Å². The van der Waals surface area contributed by atoms with Gasteiger partial charge in [0.1, 0.15) is 0 Å². The topological polar surface area (TPSA) is 20.2 Å². The molecule has 2 rings (SSSR count). The summed E-state index contributed by atoms with van der Waals surface area (Å²) in [5.41, 5.74) is 0. The summed E-state index contributed by atoms with van der Waals surface area (Å²) >= 11 is 0. The number of hydrogen-bond acceptors (Lipinski definition) is 1. The lowest BCUT2D eigenvalue weighted by molar-refractivity contribution is 0.131. The lowest BCUT2D eigenvalue weighted by Crippen LogP contribution is -2.11. The van der Waals surface area contributed by atoms with Gasteiger partial charge >= 0.3 is 0 Å². The Hall–Kier alpha value is -0.0400. The van der Waals surface area contributed by atoms with Gasteiger partial charge in [0.25, 0.3) is 0 Å². The van der Waals surface area contributed by atoms with Gasteiger partial charge in [-0.2, -0.15) is 0 Å². The van der Waals surface area contributed by atoms with E-state index < -0.39 is 0 Å². The smallest absolute Gasteiger partial charge is 0.0568 e. The summed E-state index contributed by atoms with van der Waals surface area (Å²) in [7, 11) is 0. The first-order valence-electron chi connectivity index (χ1n) is 6.54. The molecule has 2 aliphatic rings. The van der Waals surface area contributed by atoms with Crippen LogP contribution in [0.4, 0.5) is 0 Å². The fourth-order valence-electron chi connectivity index (χ4n) is 2.78. The Kier molecular flexibility index (Phi) is 3.86. The van der Waals surface area contributed by atoms with Crippen molar-refractivity contribution in [3.63, 3.8) is 0 Å². The molecule has 0 saturated heterocycles. The zero-order valence-electron chi connectivity index (χ0n) is 9.25. The van der Waals surface area contributed by atoms with E-state index in [2.05, 4.69) is 0 Å². The van der Waals surface area contributed by atoms with Crippen LogP contribution in [0.1, 0.15) is 64.2 Å². The standard InChI is InChI=1S/C13H24O/c14-13(12-8-9-12)10-7-11-5-3-1-2-4-6-11/h11-14H,1-10H2. The molecule has 2 aliphatic carbocycles. The molecule has 2 fully saturated rings. The summed E-state index contributed by atoms with van der Waals surface area (Å²) in [6.07, 6.45) is 13.6. The van der Waals surface area contributed by atoms with Crippen molar-refractivity contribution in [2.75, 3.05) is 0 Å². The van der Waals surface area contributed by atoms with E-state index in [0.717, 1.165) is 12.3 Å². The SMILES string of the molecule is OC(CCC1CCCCCC1)C1CC1. The molecule has 1 unspecified atom stereocenters. The number of aliphatic hydroxyl groups is 1. The van der Waals surface area contributed by atoms with E-state index in [1.54, 1.807) is 0 Å². The zero-order valence-corrected chi connectivity index (χ0v) is 9.25. The minimum atomic E-state index is 0.0400. The van der Waals surface area contributed by atoms with E-state index in [9.17, 15) is 5.11 Å². The molecule has 0 heterocycles. The summed E-state index contributed by atoms with van der Waals surface area (Å²) < 4.78 is 0. The first kappa shape index (κ1) is 10.5. The van der Waals surface area contributed by atoms with Crippen LogP contribution in [0.2, 0.25) is 0 Å². The Morgan fingerprint density at radius 1 is 0.929 bits per heavy atom. The summed E-state index contributed by atoms with van der Waals surface area (Å²) in [6, 6.07) is 0. The van der Waals surface area contributed by atoms with E-state index in [4.69, 9.17) is 0 Å². The molecule has 2 saturated carbocycles. The summed E-state index contributed by atoms with van der Waals surface area (Å²) in [5.74, 6) is 1.62. The van der Waals surface area contributed by atoms with E-state index in [-0.39, 0.29) is 6.10 Å². The van der Waals surface area contributed by atoms with Gasteiger partial charge in [0.05, 0.1) is 6.10 Å². The van der Waals surface area contributed by atoms with Crippen molar-refractivity contribution in [1.29, 1.82) is 0 Å². The van der Waals surface area contributed by atoms with Crippen molar-refractivity contribution in [2.45, 2.75) is 70.3 Å². The molecule has 14 heavy (non-hydrogen) atoms. The van der Waals surface area contributed by atoms with Gasteiger partial charge in [-0.25, -0.2) is 0 Å². The van der Waals surface area contributed by atoms with Crippen molar-refractivity contribution in [3.05, 3.63) is 0 Å². The molecule has 0 aromatic carbocycles. The molecule has 1 nitrogen and oxygen atoms in total. The van der Waals surface area contributed by atoms with Gasteiger partial charge in [0, 0.05) is 0 Å². The summed E-state index contributed by atoms with van der Waals surface area (Å²) in [6.45, 7) is 0. The van der Waals surface area contributed by atoms with Crippen molar-refractivity contribution in [3.8, 4) is 0 Å². The monoisotopic (exact) mass is 196 g/mol. The molecular weight excluding hydrogens is 172 g/mol. The predicted octanol–water partition coefficient (Wildman–Crippen LogP) is 3.51.